The lowest BCUT2D eigenvalue weighted by Gasteiger charge is -2.21. The van der Waals surface area contributed by atoms with Crippen molar-refractivity contribution in [1.29, 1.82) is 0 Å². The summed E-state index contributed by atoms with van der Waals surface area (Å²) in [5, 5.41) is 6.35. The standard InChI is InChI=1S/C22H36N4O3/c1-4-7-21(27)25-20-9-6-8-18(14-20)15-24-22(23-5-2)26-11-10-19(16-26)17-29-13-12-28-3/h6,8-9,14,19H,4-5,7,10-13,15-17H2,1-3H3,(H,23,24)(H,25,27). The molecule has 7 heteroatoms. The van der Waals surface area contributed by atoms with Crippen LogP contribution in [0, 0.1) is 5.92 Å². The van der Waals surface area contributed by atoms with Gasteiger partial charge < -0.3 is 25.0 Å². The van der Waals surface area contributed by atoms with Crippen LogP contribution in [0.1, 0.15) is 38.7 Å². The number of ether oxygens (including phenoxy) is 2. The number of likely N-dealkylation sites (tertiary alicyclic amines) is 1. The summed E-state index contributed by atoms with van der Waals surface area (Å²) >= 11 is 0. The molecule has 0 radical (unpaired) electrons. The van der Waals surface area contributed by atoms with Crippen LogP contribution >= 0.6 is 0 Å². The molecule has 1 atom stereocenters. The van der Waals surface area contributed by atoms with E-state index in [-0.39, 0.29) is 5.91 Å². The number of anilines is 1. The second-order valence-electron chi connectivity index (χ2n) is 7.34. The molecule has 1 aliphatic heterocycles. The number of rotatable bonds is 11. The van der Waals surface area contributed by atoms with Gasteiger partial charge in [0.25, 0.3) is 0 Å². The summed E-state index contributed by atoms with van der Waals surface area (Å²) < 4.78 is 10.7. The molecule has 0 aliphatic carbocycles. The first-order valence-electron chi connectivity index (χ1n) is 10.6. The van der Waals surface area contributed by atoms with E-state index in [0.717, 1.165) is 56.3 Å². The van der Waals surface area contributed by atoms with Crippen LogP contribution in [-0.4, -0.2) is 63.3 Å². The van der Waals surface area contributed by atoms with Crippen LogP contribution in [0.15, 0.2) is 29.3 Å². The van der Waals surface area contributed by atoms with Crippen LogP contribution in [0.25, 0.3) is 0 Å². The molecule has 0 saturated carbocycles. The maximum absolute atomic E-state index is 11.8. The number of hydrogen-bond acceptors (Lipinski definition) is 4. The molecule has 1 unspecified atom stereocenters. The highest BCUT2D eigenvalue weighted by Gasteiger charge is 2.24. The molecule has 1 amide bonds. The molecule has 1 saturated heterocycles. The van der Waals surface area contributed by atoms with E-state index in [0.29, 0.717) is 32.1 Å². The summed E-state index contributed by atoms with van der Waals surface area (Å²) in [7, 11) is 1.69. The lowest BCUT2D eigenvalue weighted by molar-refractivity contribution is -0.116. The Morgan fingerprint density at radius 3 is 2.93 bits per heavy atom. The van der Waals surface area contributed by atoms with Crippen molar-refractivity contribution in [2.45, 2.75) is 39.7 Å². The minimum Gasteiger partial charge on any atom is -0.382 e. The maximum atomic E-state index is 11.8. The van der Waals surface area contributed by atoms with Crippen molar-refractivity contribution >= 4 is 17.6 Å². The Bertz CT molecular complexity index is 651. The third-order valence-electron chi connectivity index (χ3n) is 4.80. The van der Waals surface area contributed by atoms with Gasteiger partial charge in [0.05, 0.1) is 26.4 Å². The average molecular weight is 405 g/mol. The van der Waals surface area contributed by atoms with E-state index >= 15 is 0 Å². The molecule has 1 aromatic carbocycles. The number of aliphatic imine (C=N–C) groups is 1. The highest BCUT2D eigenvalue weighted by Crippen LogP contribution is 2.17. The fraction of sp³-hybridized carbons (Fsp3) is 0.636. The summed E-state index contributed by atoms with van der Waals surface area (Å²) in [6.45, 7) is 9.47. The van der Waals surface area contributed by atoms with Crippen molar-refractivity contribution in [3.63, 3.8) is 0 Å². The van der Waals surface area contributed by atoms with E-state index in [4.69, 9.17) is 14.5 Å². The second-order valence-corrected chi connectivity index (χ2v) is 7.34. The molecule has 0 spiro atoms. The molecule has 162 valence electrons. The molecular formula is C22H36N4O3. The van der Waals surface area contributed by atoms with Crippen LogP contribution in [-0.2, 0) is 20.8 Å². The number of carbonyl (C=O) groups excluding carboxylic acids is 1. The Kier molecular flexibility index (Phi) is 10.5. The topological polar surface area (TPSA) is 75.2 Å². The predicted molar refractivity (Wildman–Crippen MR) is 117 cm³/mol. The van der Waals surface area contributed by atoms with E-state index in [1.54, 1.807) is 7.11 Å². The van der Waals surface area contributed by atoms with Gasteiger partial charge in [-0.2, -0.15) is 0 Å². The monoisotopic (exact) mass is 404 g/mol. The zero-order valence-corrected chi connectivity index (χ0v) is 18.1. The number of hydrogen-bond donors (Lipinski definition) is 2. The van der Waals surface area contributed by atoms with Gasteiger partial charge in [0.1, 0.15) is 0 Å². The lowest BCUT2D eigenvalue weighted by atomic mass is 10.1. The van der Waals surface area contributed by atoms with Gasteiger partial charge in [-0.1, -0.05) is 19.1 Å². The first-order valence-corrected chi connectivity index (χ1v) is 10.6. The summed E-state index contributed by atoms with van der Waals surface area (Å²) in [6, 6.07) is 7.92. The van der Waals surface area contributed by atoms with Gasteiger partial charge in [-0.05, 0) is 37.5 Å². The van der Waals surface area contributed by atoms with Crippen molar-refractivity contribution in [3.8, 4) is 0 Å². The quantitative estimate of drug-likeness (QED) is 0.337. The first kappa shape index (κ1) is 23.2. The normalized spacial score (nSPS) is 16.9. The van der Waals surface area contributed by atoms with E-state index in [9.17, 15) is 4.79 Å². The van der Waals surface area contributed by atoms with Gasteiger partial charge >= 0.3 is 0 Å². The largest absolute Gasteiger partial charge is 0.382 e. The van der Waals surface area contributed by atoms with Crippen molar-refractivity contribution < 1.29 is 14.3 Å². The van der Waals surface area contributed by atoms with E-state index in [2.05, 4.69) is 22.5 Å². The molecule has 2 rings (SSSR count). The van der Waals surface area contributed by atoms with Crippen LogP contribution in [0.5, 0.6) is 0 Å². The Balaban J connectivity index is 1.91. The number of carbonyl (C=O) groups is 1. The lowest BCUT2D eigenvalue weighted by Crippen LogP contribution is -2.40. The number of nitrogens with one attached hydrogen (secondary N) is 2. The number of methoxy groups -OCH3 is 1. The highest BCUT2D eigenvalue weighted by atomic mass is 16.5. The molecule has 1 aliphatic rings. The fourth-order valence-electron chi connectivity index (χ4n) is 3.34. The maximum Gasteiger partial charge on any atom is 0.224 e. The van der Waals surface area contributed by atoms with Gasteiger partial charge in [0.2, 0.25) is 5.91 Å². The molecule has 7 nitrogen and oxygen atoms in total. The van der Waals surface area contributed by atoms with E-state index < -0.39 is 0 Å². The van der Waals surface area contributed by atoms with Gasteiger partial charge in [-0.15, -0.1) is 0 Å². The van der Waals surface area contributed by atoms with Crippen LogP contribution in [0.4, 0.5) is 5.69 Å². The van der Waals surface area contributed by atoms with Gasteiger partial charge in [-0.3, -0.25) is 4.79 Å². The molecule has 2 N–H and O–H groups in total. The third-order valence-corrected chi connectivity index (χ3v) is 4.80. The zero-order chi connectivity index (χ0) is 20.9. The first-order chi connectivity index (χ1) is 14.2. The molecule has 1 aromatic rings. The van der Waals surface area contributed by atoms with Gasteiger partial charge in [0.15, 0.2) is 5.96 Å². The highest BCUT2D eigenvalue weighted by molar-refractivity contribution is 5.90. The fourth-order valence-corrected chi connectivity index (χ4v) is 3.34. The molecule has 29 heavy (non-hydrogen) atoms. The van der Waals surface area contributed by atoms with Gasteiger partial charge in [0, 0.05) is 44.8 Å². The van der Waals surface area contributed by atoms with Crippen molar-refractivity contribution in [3.05, 3.63) is 29.8 Å². The summed E-state index contributed by atoms with van der Waals surface area (Å²) in [5.74, 6) is 1.51. The second kappa shape index (κ2) is 13.2. The molecule has 0 bridgehead atoms. The number of amides is 1. The Morgan fingerprint density at radius 2 is 2.17 bits per heavy atom. The minimum absolute atomic E-state index is 0.0531. The minimum atomic E-state index is 0.0531. The number of nitrogens with zero attached hydrogens (tertiary/aromatic N) is 2. The van der Waals surface area contributed by atoms with Crippen molar-refractivity contribution in [1.82, 2.24) is 10.2 Å². The number of guanidine groups is 1. The average Bonchev–Trinajstić information content (AvgIpc) is 3.18. The van der Waals surface area contributed by atoms with Gasteiger partial charge in [-0.25, -0.2) is 4.99 Å². The predicted octanol–water partition coefficient (Wildman–Crippen LogP) is 2.88. The van der Waals surface area contributed by atoms with Crippen LogP contribution in [0.2, 0.25) is 0 Å². The van der Waals surface area contributed by atoms with Crippen molar-refractivity contribution in [2.24, 2.45) is 10.9 Å². The number of benzene rings is 1. The smallest absolute Gasteiger partial charge is 0.224 e. The SMILES string of the molecule is CCCC(=O)Nc1cccc(CN=C(NCC)N2CCC(COCCOC)C2)c1. The molecular weight excluding hydrogens is 368 g/mol. The Hall–Kier alpha value is -2.12. The van der Waals surface area contributed by atoms with E-state index in [1.807, 2.05) is 31.2 Å². The Morgan fingerprint density at radius 1 is 1.31 bits per heavy atom. The summed E-state index contributed by atoms with van der Waals surface area (Å²) in [6.07, 6.45) is 2.49. The Labute approximate surface area is 174 Å². The zero-order valence-electron chi connectivity index (χ0n) is 18.1. The van der Waals surface area contributed by atoms with Crippen LogP contribution < -0.4 is 10.6 Å². The molecule has 1 heterocycles. The van der Waals surface area contributed by atoms with Crippen LogP contribution in [0.3, 0.4) is 0 Å². The van der Waals surface area contributed by atoms with E-state index in [1.165, 1.54) is 0 Å². The third kappa shape index (κ3) is 8.41. The molecule has 0 aromatic heterocycles. The summed E-state index contributed by atoms with van der Waals surface area (Å²) in [5.41, 5.74) is 1.91. The van der Waals surface area contributed by atoms with Crippen molar-refractivity contribution in [2.75, 3.05) is 51.9 Å². The summed E-state index contributed by atoms with van der Waals surface area (Å²) in [4.78, 5) is 18.9. The molecule has 1 fully saturated rings.